The maximum Gasteiger partial charge on any atom is 0 e. The first-order valence-electron chi connectivity index (χ1n) is 1.17. The van der Waals surface area contributed by atoms with Crippen LogP contribution in [-0.4, -0.2) is 45.3 Å². The predicted molar refractivity (Wildman–Crippen MR) is 28.8 cm³/mol. The molecule has 0 radical (unpaired) electrons. The standard InChI is InChI=1S/Al.Li.H3O4P.Ti.3H/c;;1-5(2,3)4;;;;/h;;(H3,1,2,3,4);;;;/q+1;;;;;;/p-1. The van der Waals surface area contributed by atoms with Crippen molar-refractivity contribution < 1.29 is 39.6 Å². The Morgan fingerprint density at radius 3 is 1.62 bits per heavy atom. The number of rotatable bonds is 1. The molecule has 0 aliphatic carbocycles. The van der Waals surface area contributed by atoms with Gasteiger partial charge in [-0.15, -0.1) is 0 Å². The van der Waals surface area contributed by atoms with E-state index < -0.39 is 7.82 Å². The molecular formula is H5AlLiO4PTi. The van der Waals surface area contributed by atoms with Crippen molar-refractivity contribution in [1.29, 1.82) is 0 Å². The van der Waals surface area contributed by atoms with Gasteiger partial charge in [0.05, 0.1) is 0 Å². The quantitative estimate of drug-likeness (QED) is 0.363. The largest absolute Gasteiger partial charge is 0 e. The van der Waals surface area contributed by atoms with Crippen molar-refractivity contribution in [3.05, 3.63) is 0 Å². The van der Waals surface area contributed by atoms with Crippen molar-refractivity contribution in [2.45, 2.75) is 0 Å². The third-order valence-electron chi connectivity index (χ3n) is 0.238. The topological polar surface area (TPSA) is 66.8 Å². The third-order valence-corrected chi connectivity index (χ3v) is 2.14. The molecule has 0 rings (SSSR count). The van der Waals surface area contributed by atoms with Crippen molar-refractivity contribution in [3.63, 3.8) is 0 Å². The van der Waals surface area contributed by atoms with E-state index in [1.807, 2.05) is 0 Å². The molecule has 0 aromatic carbocycles. The van der Waals surface area contributed by atoms with Gasteiger partial charge in [-0.05, 0) is 0 Å². The van der Waals surface area contributed by atoms with Crippen LogP contribution in [0.25, 0.3) is 0 Å². The van der Waals surface area contributed by atoms with Crippen LogP contribution in [0.15, 0.2) is 0 Å². The molecule has 0 amide bonds. The average Bonchev–Trinajstić information content (AvgIpc) is 1.35. The van der Waals surface area contributed by atoms with E-state index in [1.165, 1.54) is 0 Å². The Morgan fingerprint density at radius 2 is 1.62 bits per heavy atom. The zero-order chi connectivity index (χ0) is 5.21. The molecule has 0 saturated carbocycles. The average molecular weight is 182 g/mol. The van der Waals surface area contributed by atoms with E-state index in [1.54, 1.807) is 0 Å². The van der Waals surface area contributed by atoms with Crippen LogP contribution in [0.1, 0.15) is 0 Å². The summed E-state index contributed by atoms with van der Waals surface area (Å²) in [5, 5.41) is 0. The first-order chi connectivity index (χ1) is 2.56. The van der Waals surface area contributed by atoms with Crippen LogP contribution in [0, 0.1) is 0 Å². The van der Waals surface area contributed by atoms with Crippen molar-refractivity contribution in [2.24, 2.45) is 0 Å². The van der Waals surface area contributed by atoms with Gasteiger partial charge in [0.15, 0.2) is 0 Å². The van der Waals surface area contributed by atoms with E-state index in [9.17, 15) is 4.57 Å². The van der Waals surface area contributed by atoms with E-state index in [-0.39, 0.29) is 57.2 Å². The summed E-state index contributed by atoms with van der Waals surface area (Å²) in [5.41, 5.74) is 0. The monoisotopic (exact) mass is 182 g/mol. The van der Waals surface area contributed by atoms with Crippen LogP contribution in [0.2, 0.25) is 0 Å². The van der Waals surface area contributed by atoms with Gasteiger partial charge < -0.3 is 13.4 Å². The number of hydrogen-bond acceptors (Lipinski definition) is 2. The summed E-state index contributed by atoms with van der Waals surface area (Å²) in [6, 6.07) is 0. The molecule has 0 unspecified atom stereocenters. The molecule has 0 aromatic heterocycles. The summed E-state index contributed by atoms with van der Waals surface area (Å²) in [6.07, 6.45) is 0. The Hall–Kier alpha value is 1.95. The van der Waals surface area contributed by atoms with Crippen molar-refractivity contribution >= 4 is 43.3 Å². The van der Waals surface area contributed by atoms with Gasteiger partial charge in [-0.1, -0.05) is 0 Å². The summed E-state index contributed by atoms with van der Waals surface area (Å²) in [6.45, 7) is 0. The molecule has 42 valence electrons. The normalized spacial score (nSPS) is 8.75. The maximum atomic E-state index is 9.51. The predicted octanol–water partition coefficient (Wildman–Crippen LogP) is -2.01. The van der Waals surface area contributed by atoms with Crippen LogP contribution in [-0.2, 0) is 29.9 Å². The van der Waals surface area contributed by atoms with Crippen LogP contribution >= 0.6 is 7.82 Å². The fourth-order valence-corrected chi connectivity index (χ4v) is 0. The molecule has 0 saturated heterocycles. The number of hydrogen-bond donors (Lipinski definition) is 2. The summed E-state index contributed by atoms with van der Waals surface area (Å²) < 4.78 is 13.2. The van der Waals surface area contributed by atoms with Gasteiger partial charge in [0.1, 0.15) is 0 Å². The van der Waals surface area contributed by atoms with Crippen LogP contribution in [0.3, 0.4) is 0 Å². The summed E-state index contributed by atoms with van der Waals surface area (Å²) >= 11 is 0.0849. The van der Waals surface area contributed by atoms with E-state index in [4.69, 9.17) is 9.79 Å². The fraction of sp³-hybridized carbons (Fsp3) is 0. The molecule has 0 aromatic rings. The zero-order valence-corrected chi connectivity index (χ0v) is 8.11. The van der Waals surface area contributed by atoms with E-state index in [2.05, 4.69) is 3.58 Å². The van der Waals surface area contributed by atoms with Gasteiger partial charge in [-0.25, -0.2) is 4.57 Å². The van der Waals surface area contributed by atoms with Gasteiger partial charge in [-0.3, -0.25) is 0 Å². The first-order valence-corrected chi connectivity index (χ1v) is 3.52. The smallest absolute Gasteiger partial charge is 0 e. The second-order valence-electron chi connectivity index (χ2n) is 0.673. The fourth-order valence-electron chi connectivity index (χ4n) is 0. The van der Waals surface area contributed by atoms with Gasteiger partial charge in [0.25, 0.3) is 0 Å². The summed E-state index contributed by atoms with van der Waals surface area (Å²) in [5.74, 6) is 0. The van der Waals surface area contributed by atoms with E-state index in [0.717, 1.165) is 0 Å². The van der Waals surface area contributed by atoms with Gasteiger partial charge >= 0.3 is 43.3 Å². The molecule has 0 spiro atoms. The molecule has 2 N–H and O–H groups in total. The molecule has 4 nitrogen and oxygen atoms in total. The molecule has 8 heteroatoms. The minimum Gasteiger partial charge on any atom is 0 e. The molecule has 0 atom stereocenters. The Bertz CT molecular complexity index is 80.1. The molecular weight excluding hydrogens is 177 g/mol. The minimum atomic E-state index is -4.08. The Labute approximate surface area is 82.4 Å². The van der Waals surface area contributed by atoms with Gasteiger partial charge in [0, 0.05) is 21.7 Å². The Morgan fingerprint density at radius 1 is 1.50 bits per heavy atom. The van der Waals surface area contributed by atoms with Crippen LogP contribution < -0.4 is 0 Å². The summed E-state index contributed by atoms with van der Waals surface area (Å²) in [7, 11) is -4.08. The first kappa shape index (κ1) is 16.5. The Balaban J connectivity index is -0.000000125. The van der Waals surface area contributed by atoms with Crippen LogP contribution in [0.4, 0.5) is 0 Å². The second-order valence-corrected chi connectivity index (χ2v) is 3.11. The van der Waals surface area contributed by atoms with Crippen molar-refractivity contribution in [3.8, 4) is 0 Å². The second kappa shape index (κ2) is 7.07. The molecule has 0 aliphatic rings. The maximum absolute atomic E-state index is 9.51. The third kappa shape index (κ3) is 15.7. The zero-order valence-electron chi connectivity index (χ0n) is 3.66. The molecule has 0 bridgehead atoms. The molecule has 0 aliphatic heterocycles. The van der Waals surface area contributed by atoms with Crippen LogP contribution in [0.5, 0.6) is 0 Å². The van der Waals surface area contributed by atoms with E-state index in [0.29, 0.717) is 0 Å². The SMILES string of the molecule is O=P(O)(O)[O][AlH2].[LiH].[Ti]. The van der Waals surface area contributed by atoms with Crippen molar-refractivity contribution in [1.82, 2.24) is 0 Å². The van der Waals surface area contributed by atoms with E-state index >= 15 is 0 Å². The number of phosphoric acid groups is 1. The van der Waals surface area contributed by atoms with Crippen molar-refractivity contribution in [2.75, 3.05) is 0 Å². The molecule has 8 heavy (non-hydrogen) atoms. The Kier molecular flexibility index (Phi) is 14.6. The van der Waals surface area contributed by atoms with Gasteiger partial charge in [0.2, 0.25) is 0 Å². The minimum absolute atomic E-state index is 0. The molecule has 0 fully saturated rings. The van der Waals surface area contributed by atoms with Gasteiger partial charge in [-0.2, -0.15) is 0 Å². The molecule has 0 heterocycles. The summed E-state index contributed by atoms with van der Waals surface area (Å²) in [4.78, 5) is 15.5.